The standard InChI is InChI=1S/C18H19ClN2O4/c1-12(22)21(16-10-15(24-2)7-8-17(16)25-3)11-18(23)20-14-6-4-5-13(19)9-14/h4-10H,11H2,1-3H3,(H,20,23). The summed E-state index contributed by atoms with van der Waals surface area (Å²) in [5.41, 5.74) is 1.01. The van der Waals surface area contributed by atoms with E-state index in [0.717, 1.165) is 0 Å². The number of methoxy groups -OCH3 is 2. The summed E-state index contributed by atoms with van der Waals surface area (Å²) in [6.07, 6.45) is 0. The molecule has 0 bridgehead atoms. The number of rotatable bonds is 6. The molecule has 0 saturated carbocycles. The lowest BCUT2D eigenvalue weighted by Gasteiger charge is -2.23. The topological polar surface area (TPSA) is 67.9 Å². The van der Waals surface area contributed by atoms with Gasteiger partial charge in [0.1, 0.15) is 18.0 Å². The molecule has 1 N–H and O–H groups in total. The highest BCUT2D eigenvalue weighted by Crippen LogP contribution is 2.32. The number of hydrogen-bond donors (Lipinski definition) is 1. The summed E-state index contributed by atoms with van der Waals surface area (Å²) in [6.45, 7) is 1.21. The maximum Gasteiger partial charge on any atom is 0.244 e. The summed E-state index contributed by atoms with van der Waals surface area (Å²) < 4.78 is 10.5. The Kier molecular flexibility index (Phi) is 6.25. The zero-order chi connectivity index (χ0) is 18.4. The van der Waals surface area contributed by atoms with Gasteiger partial charge in [0.15, 0.2) is 0 Å². The Morgan fingerprint density at radius 2 is 1.88 bits per heavy atom. The average molecular weight is 363 g/mol. The molecule has 0 fully saturated rings. The number of carbonyl (C=O) groups excluding carboxylic acids is 2. The number of ether oxygens (including phenoxy) is 2. The highest BCUT2D eigenvalue weighted by Gasteiger charge is 2.20. The predicted octanol–water partition coefficient (Wildman–Crippen LogP) is 3.35. The van der Waals surface area contributed by atoms with E-state index in [1.807, 2.05) is 0 Å². The van der Waals surface area contributed by atoms with E-state index in [1.54, 1.807) is 42.5 Å². The Balaban J connectivity index is 2.24. The molecule has 0 atom stereocenters. The first kappa shape index (κ1) is 18.6. The van der Waals surface area contributed by atoms with Crippen molar-refractivity contribution in [3.63, 3.8) is 0 Å². The van der Waals surface area contributed by atoms with Crippen molar-refractivity contribution in [1.29, 1.82) is 0 Å². The van der Waals surface area contributed by atoms with Gasteiger partial charge >= 0.3 is 0 Å². The van der Waals surface area contributed by atoms with Gasteiger partial charge in [0.2, 0.25) is 11.8 Å². The van der Waals surface area contributed by atoms with Gasteiger partial charge in [0.05, 0.1) is 19.9 Å². The first-order chi connectivity index (χ1) is 11.9. The van der Waals surface area contributed by atoms with Crippen LogP contribution in [0.3, 0.4) is 0 Å². The molecule has 2 amide bonds. The third kappa shape index (κ3) is 4.87. The quantitative estimate of drug-likeness (QED) is 0.855. The first-order valence-corrected chi connectivity index (χ1v) is 7.88. The highest BCUT2D eigenvalue weighted by atomic mass is 35.5. The lowest BCUT2D eigenvalue weighted by molar-refractivity contribution is -0.120. The third-order valence-electron chi connectivity index (χ3n) is 3.47. The number of carbonyl (C=O) groups is 2. The molecule has 0 radical (unpaired) electrons. The van der Waals surface area contributed by atoms with Gasteiger partial charge in [-0.05, 0) is 30.3 Å². The summed E-state index contributed by atoms with van der Waals surface area (Å²) in [4.78, 5) is 25.7. The van der Waals surface area contributed by atoms with Crippen molar-refractivity contribution in [2.24, 2.45) is 0 Å². The molecule has 0 spiro atoms. The van der Waals surface area contributed by atoms with Gasteiger partial charge in [-0.25, -0.2) is 0 Å². The molecule has 0 aliphatic rings. The number of benzene rings is 2. The maximum atomic E-state index is 12.3. The van der Waals surface area contributed by atoms with Crippen LogP contribution < -0.4 is 19.7 Å². The lowest BCUT2D eigenvalue weighted by atomic mass is 10.2. The second kappa shape index (κ2) is 8.39. The van der Waals surface area contributed by atoms with Crippen LogP contribution in [0.2, 0.25) is 5.02 Å². The van der Waals surface area contributed by atoms with E-state index >= 15 is 0 Å². The van der Waals surface area contributed by atoms with Gasteiger partial charge in [-0.15, -0.1) is 0 Å². The Morgan fingerprint density at radius 3 is 2.48 bits per heavy atom. The number of amides is 2. The van der Waals surface area contributed by atoms with Gasteiger partial charge in [0, 0.05) is 23.7 Å². The van der Waals surface area contributed by atoms with E-state index in [1.165, 1.54) is 26.0 Å². The van der Waals surface area contributed by atoms with Crippen molar-refractivity contribution in [3.8, 4) is 11.5 Å². The molecule has 2 rings (SSSR count). The lowest BCUT2D eigenvalue weighted by Crippen LogP contribution is -2.37. The monoisotopic (exact) mass is 362 g/mol. The molecule has 25 heavy (non-hydrogen) atoms. The van der Waals surface area contributed by atoms with Crippen LogP contribution in [-0.4, -0.2) is 32.6 Å². The van der Waals surface area contributed by atoms with Crippen molar-refractivity contribution in [1.82, 2.24) is 0 Å². The van der Waals surface area contributed by atoms with E-state index < -0.39 is 0 Å². The minimum Gasteiger partial charge on any atom is -0.497 e. The fraction of sp³-hybridized carbons (Fsp3) is 0.222. The molecule has 2 aromatic carbocycles. The fourth-order valence-electron chi connectivity index (χ4n) is 2.28. The maximum absolute atomic E-state index is 12.3. The zero-order valence-electron chi connectivity index (χ0n) is 14.2. The van der Waals surface area contributed by atoms with E-state index in [0.29, 0.717) is 27.9 Å². The largest absolute Gasteiger partial charge is 0.497 e. The highest BCUT2D eigenvalue weighted by molar-refractivity contribution is 6.30. The van der Waals surface area contributed by atoms with E-state index in [4.69, 9.17) is 21.1 Å². The molecular weight excluding hydrogens is 344 g/mol. The van der Waals surface area contributed by atoms with Crippen molar-refractivity contribution in [2.45, 2.75) is 6.92 Å². The average Bonchev–Trinajstić information content (AvgIpc) is 2.59. The SMILES string of the molecule is COc1ccc(OC)c(N(CC(=O)Nc2cccc(Cl)c2)C(C)=O)c1. The molecule has 7 heteroatoms. The van der Waals surface area contributed by atoms with Gasteiger partial charge in [-0.1, -0.05) is 17.7 Å². The minimum atomic E-state index is -0.359. The predicted molar refractivity (Wildman–Crippen MR) is 97.7 cm³/mol. The number of halogens is 1. The Labute approximate surface area is 151 Å². The van der Waals surface area contributed by atoms with Gasteiger partial charge in [0.25, 0.3) is 0 Å². The van der Waals surface area contributed by atoms with Gasteiger partial charge < -0.3 is 14.8 Å². The van der Waals surface area contributed by atoms with E-state index in [-0.39, 0.29) is 18.4 Å². The molecule has 0 aliphatic carbocycles. The number of nitrogens with one attached hydrogen (secondary N) is 1. The normalized spacial score (nSPS) is 10.1. The summed E-state index contributed by atoms with van der Waals surface area (Å²) in [7, 11) is 3.02. The number of hydrogen-bond acceptors (Lipinski definition) is 4. The van der Waals surface area contributed by atoms with Crippen molar-refractivity contribution in [3.05, 3.63) is 47.5 Å². The summed E-state index contributed by atoms with van der Waals surface area (Å²) in [5, 5.41) is 3.22. The second-order valence-corrected chi connectivity index (χ2v) is 5.64. The van der Waals surface area contributed by atoms with Crippen LogP contribution >= 0.6 is 11.6 Å². The van der Waals surface area contributed by atoms with Crippen LogP contribution in [0.15, 0.2) is 42.5 Å². The molecule has 0 heterocycles. The second-order valence-electron chi connectivity index (χ2n) is 5.20. The van der Waals surface area contributed by atoms with E-state index in [2.05, 4.69) is 5.32 Å². The summed E-state index contributed by atoms with van der Waals surface area (Å²) in [6, 6.07) is 11.8. The number of nitrogens with zero attached hydrogens (tertiary/aromatic N) is 1. The Hall–Kier alpha value is -2.73. The van der Waals surface area contributed by atoms with Crippen LogP contribution in [-0.2, 0) is 9.59 Å². The summed E-state index contributed by atoms with van der Waals surface area (Å²) in [5.74, 6) is 0.360. The van der Waals surface area contributed by atoms with Gasteiger partial charge in [-0.2, -0.15) is 0 Å². The molecule has 0 unspecified atom stereocenters. The van der Waals surface area contributed by atoms with Crippen LogP contribution in [0, 0.1) is 0 Å². The van der Waals surface area contributed by atoms with Crippen LogP contribution in [0.4, 0.5) is 11.4 Å². The van der Waals surface area contributed by atoms with Crippen LogP contribution in [0.25, 0.3) is 0 Å². The smallest absolute Gasteiger partial charge is 0.244 e. The molecule has 132 valence electrons. The molecule has 2 aromatic rings. The van der Waals surface area contributed by atoms with Crippen LogP contribution in [0.1, 0.15) is 6.92 Å². The Bertz CT molecular complexity index is 779. The third-order valence-corrected chi connectivity index (χ3v) is 3.70. The summed E-state index contributed by atoms with van der Waals surface area (Å²) >= 11 is 5.91. The van der Waals surface area contributed by atoms with Gasteiger partial charge in [-0.3, -0.25) is 14.5 Å². The molecule has 0 aromatic heterocycles. The molecular formula is C18H19ClN2O4. The molecule has 6 nitrogen and oxygen atoms in total. The molecule has 0 saturated heterocycles. The van der Waals surface area contributed by atoms with Crippen LogP contribution in [0.5, 0.6) is 11.5 Å². The minimum absolute atomic E-state index is 0.175. The zero-order valence-corrected chi connectivity index (χ0v) is 15.0. The molecule has 0 aliphatic heterocycles. The fourth-order valence-corrected chi connectivity index (χ4v) is 2.47. The Morgan fingerprint density at radius 1 is 1.12 bits per heavy atom. The van der Waals surface area contributed by atoms with Crippen molar-refractivity contribution in [2.75, 3.05) is 31.0 Å². The van der Waals surface area contributed by atoms with Crippen molar-refractivity contribution < 1.29 is 19.1 Å². The van der Waals surface area contributed by atoms with Crippen molar-refractivity contribution >= 4 is 34.8 Å². The van der Waals surface area contributed by atoms with E-state index in [9.17, 15) is 9.59 Å². The first-order valence-electron chi connectivity index (χ1n) is 7.50. The number of anilines is 2.